The van der Waals surface area contributed by atoms with Gasteiger partial charge < -0.3 is 10.4 Å². The third kappa shape index (κ3) is 2.55. The Hall–Kier alpha value is -1.46. The smallest absolute Gasteiger partial charge is 0.157 e. The van der Waals surface area contributed by atoms with E-state index in [4.69, 9.17) is 0 Å². The molecule has 0 atom stereocenters. The summed E-state index contributed by atoms with van der Waals surface area (Å²) in [7, 11) is 1.91. The highest BCUT2D eigenvalue weighted by atomic mass is 16.3. The standard InChI is InChI=1S/C15H22N4O/c1-11-13-7-12(9-17-14(13)19(2)18-11)8-16-10-15(20)5-3-4-6-15/h7,9,16,20H,3-6,8,10H2,1-2H3. The van der Waals surface area contributed by atoms with Gasteiger partial charge in [0.05, 0.1) is 11.3 Å². The van der Waals surface area contributed by atoms with Crippen LogP contribution in [0.1, 0.15) is 36.9 Å². The molecule has 2 N–H and O–H groups in total. The first-order valence-corrected chi connectivity index (χ1v) is 7.29. The summed E-state index contributed by atoms with van der Waals surface area (Å²) in [6, 6.07) is 2.14. The summed E-state index contributed by atoms with van der Waals surface area (Å²) in [5, 5.41) is 19.1. The lowest BCUT2D eigenvalue weighted by atomic mass is 10.0. The van der Waals surface area contributed by atoms with Crippen LogP contribution in [0.4, 0.5) is 0 Å². The summed E-state index contributed by atoms with van der Waals surface area (Å²) in [5.74, 6) is 0. The second kappa shape index (κ2) is 5.14. The van der Waals surface area contributed by atoms with Crippen molar-refractivity contribution in [1.29, 1.82) is 0 Å². The minimum absolute atomic E-state index is 0.498. The Balaban J connectivity index is 1.67. The fourth-order valence-electron chi connectivity index (χ4n) is 3.10. The number of pyridine rings is 1. The monoisotopic (exact) mass is 274 g/mol. The summed E-state index contributed by atoms with van der Waals surface area (Å²) in [6.07, 6.45) is 5.99. The van der Waals surface area contributed by atoms with Crippen molar-refractivity contribution in [2.45, 2.75) is 44.8 Å². The van der Waals surface area contributed by atoms with Crippen molar-refractivity contribution in [3.05, 3.63) is 23.5 Å². The van der Waals surface area contributed by atoms with E-state index in [-0.39, 0.29) is 0 Å². The lowest BCUT2D eigenvalue weighted by Crippen LogP contribution is -2.37. The Kier molecular flexibility index (Phi) is 3.48. The molecule has 1 aliphatic carbocycles. The normalized spacial score (nSPS) is 17.9. The molecular formula is C15H22N4O. The van der Waals surface area contributed by atoms with Gasteiger partial charge in [0.1, 0.15) is 0 Å². The molecule has 0 unspecified atom stereocenters. The quantitative estimate of drug-likeness (QED) is 0.890. The fourth-order valence-corrected chi connectivity index (χ4v) is 3.10. The summed E-state index contributed by atoms with van der Waals surface area (Å²) < 4.78 is 1.81. The lowest BCUT2D eigenvalue weighted by molar-refractivity contribution is 0.0475. The molecule has 2 heterocycles. The van der Waals surface area contributed by atoms with Gasteiger partial charge in [-0.15, -0.1) is 0 Å². The maximum atomic E-state index is 10.3. The largest absolute Gasteiger partial charge is 0.389 e. The van der Waals surface area contributed by atoms with Gasteiger partial charge in [-0.3, -0.25) is 4.68 Å². The Morgan fingerprint density at radius 2 is 2.15 bits per heavy atom. The van der Waals surface area contributed by atoms with Gasteiger partial charge in [-0.2, -0.15) is 5.10 Å². The predicted octanol–water partition coefficient (Wildman–Crippen LogP) is 1.67. The Morgan fingerprint density at radius 3 is 2.90 bits per heavy atom. The van der Waals surface area contributed by atoms with E-state index < -0.39 is 5.60 Å². The number of aromatic nitrogens is 3. The molecule has 1 aliphatic rings. The van der Waals surface area contributed by atoms with Gasteiger partial charge in [0.15, 0.2) is 5.65 Å². The molecule has 108 valence electrons. The van der Waals surface area contributed by atoms with Crippen LogP contribution in [0.25, 0.3) is 11.0 Å². The third-order valence-electron chi connectivity index (χ3n) is 4.24. The maximum Gasteiger partial charge on any atom is 0.157 e. The zero-order valence-corrected chi connectivity index (χ0v) is 12.2. The van der Waals surface area contributed by atoms with E-state index in [0.717, 1.165) is 54.5 Å². The first-order chi connectivity index (χ1) is 9.57. The van der Waals surface area contributed by atoms with Crippen molar-refractivity contribution in [3.63, 3.8) is 0 Å². The van der Waals surface area contributed by atoms with Gasteiger partial charge in [0.2, 0.25) is 0 Å². The number of aryl methyl sites for hydroxylation is 2. The van der Waals surface area contributed by atoms with E-state index in [9.17, 15) is 5.11 Å². The molecule has 0 bridgehead atoms. The molecule has 0 radical (unpaired) electrons. The van der Waals surface area contributed by atoms with Crippen molar-refractivity contribution in [1.82, 2.24) is 20.1 Å². The third-order valence-corrected chi connectivity index (χ3v) is 4.24. The maximum absolute atomic E-state index is 10.3. The summed E-state index contributed by atoms with van der Waals surface area (Å²) in [5.41, 5.74) is 2.56. The topological polar surface area (TPSA) is 63.0 Å². The van der Waals surface area contributed by atoms with Crippen molar-refractivity contribution in [2.24, 2.45) is 7.05 Å². The van der Waals surface area contributed by atoms with Gasteiger partial charge in [-0.1, -0.05) is 12.8 Å². The highest BCUT2D eigenvalue weighted by molar-refractivity contribution is 5.78. The average Bonchev–Trinajstić information content (AvgIpc) is 2.96. The molecule has 20 heavy (non-hydrogen) atoms. The van der Waals surface area contributed by atoms with Crippen LogP contribution in [0.5, 0.6) is 0 Å². The SMILES string of the molecule is Cc1nn(C)c2ncc(CNCC3(O)CCCC3)cc12. The van der Waals surface area contributed by atoms with E-state index in [2.05, 4.69) is 21.5 Å². The van der Waals surface area contributed by atoms with Gasteiger partial charge in [0.25, 0.3) is 0 Å². The van der Waals surface area contributed by atoms with Crippen LogP contribution in [0.2, 0.25) is 0 Å². The van der Waals surface area contributed by atoms with E-state index in [1.54, 1.807) is 0 Å². The van der Waals surface area contributed by atoms with E-state index in [0.29, 0.717) is 6.54 Å². The van der Waals surface area contributed by atoms with Crippen molar-refractivity contribution in [2.75, 3.05) is 6.54 Å². The van der Waals surface area contributed by atoms with Crippen LogP contribution < -0.4 is 5.32 Å². The van der Waals surface area contributed by atoms with Gasteiger partial charge in [-0.25, -0.2) is 4.98 Å². The molecule has 5 nitrogen and oxygen atoms in total. The average molecular weight is 274 g/mol. The second-order valence-electron chi connectivity index (χ2n) is 5.96. The number of hydrogen-bond acceptors (Lipinski definition) is 4. The molecule has 2 aromatic rings. The van der Waals surface area contributed by atoms with Crippen LogP contribution in [-0.4, -0.2) is 32.0 Å². The highest BCUT2D eigenvalue weighted by Gasteiger charge is 2.30. The van der Waals surface area contributed by atoms with Crippen LogP contribution in [0.3, 0.4) is 0 Å². The van der Waals surface area contributed by atoms with Crippen molar-refractivity contribution >= 4 is 11.0 Å². The van der Waals surface area contributed by atoms with E-state index in [1.807, 2.05) is 24.9 Å². The molecule has 0 amide bonds. The number of nitrogens with zero attached hydrogens (tertiary/aromatic N) is 3. The molecular weight excluding hydrogens is 252 g/mol. The molecule has 0 saturated heterocycles. The van der Waals surface area contributed by atoms with Crippen LogP contribution >= 0.6 is 0 Å². The molecule has 2 aromatic heterocycles. The van der Waals surface area contributed by atoms with Gasteiger partial charge in [0, 0.05) is 31.7 Å². The van der Waals surface area contributed by atoms with Crippen molar-refractivity contribution < 1.29 is 5.11 Å². The molecule has 5 heteroatoms. The summed E-state index contributed by atoms with van der Waals surface area (Å²) in [4.78, 5) is 4.47. The molecule has 1 fully saturated rings. The molecule has 0 aromatic carbocycles. The second-order valence-corrected chi connectivity index (χ2v) is 5.96. The zero-order valence-electron chi connectivity index (χ0n) is 12.2. The van der Waals surface area contributed by atoms with E-state index >= 15 is 0 Å². The van der Waals surface area contributed by atoms with Crippen LogP contribution in [0.15, 0.2) is 12.3 Å². The van der Waals surface area contributed by atoms with Crippen molar-refractivity contribution in [3.8, 4) is 0 Å². The molecule has 3 rings (SSSR count). The zero-order chi connectivity index (χ0) is 14.2. The first kappa shape index (κ1) is 13.5. The minimum atomic E-state index is -0.498. The Bertz CT molecular complexity index is 614. The predicted molar refractivity (Wildman–Crippen MR) is 78.4 cm³/mol. The number of fused-ring (bicyclic) bond motifs is 1. The molecule has 0 spiro atoms. The number of hydrogen-bond donors (Lipinski definition) is 2. The molecule has 1 saturated carbocycles. The first-order valence-electron chi connectivity index (χ1n) is 7.29. The van der Waals surface area contributed by atoms with Gasteiger partial charge >= 0.3 is 0 Å². The number of rotatable bonds is 4. The van der Waals surface area contributed by atoms with E-state index in [1.165, 1.54) is 0 Å². The fraction of sp³-hybridized carbons (Fsp3) is 0.600. The Morgan fingerprint density at radius 1 is 1.40 bits per heavy atom. The van der Waals surface area contributed by atoms with Gasteiger partial charge in [-0.05, 0) is 31.4 Å². The summed E-state index contributed by atoms with van der Waals surface area (Å²) >= 11 is 0. The number of aliphatic hydroxyl groups is 1. The summed E-state index contributed by atoms with van der Waals surface area (Å²) in [6.45, 7) is 3.40. The highest BCUT2D eigenvalue weighted by Crippen LogP contribution is 2.28. The van der Waals surface area contributed by atoms with Crippen LogP contribution in [0, 0.1) is 6.92 Å². The lowest BCUT2D eigenvalue weighted by Gasteiger charge is -2.22. The van der Waals surface area contributed by atoms with Crippen LogP contribution in [-0.2, 0) is 13.6 Å². The minimum Gasteiger partial charge on any atom is -0.389 e. The Labute approximate surface area is 119 Å². The number of nitrogens with one attached hydrogen (secondary N) is 1. The molecule has 0 aliphatic heterocycles.